The first-order valence-electron chi connectivity index (χ1n) is 12.1. The number of nitrogens with zero attached hydrogens (tertiary/aromatic N) is 3. The zero-order chi connectivity index (χ0) is 31.2. The molecule has 12 atom stereocenters. The summed E-state index contributed by atoms with van der Waals surface area (Å²) in [6, 6.07) is 0. The number of nitrogen functional groups attached to an aromatic ring is 1. The number of likely N-dealkylation sites (N-methyl/N-ethyl adjacent to an activating group) is 1. The fourth-order valence-corrected chi connectivity index (χ4v) is 8.60. The summed E-state index contributed by atoms with van der Waals surface area (Å²) in [4.78, 5) is 29.3. The molecule has 238 valence electrons. The van der Waals surface area contributed by atoms with E-state index in [0.29, 0.717) is 15.9 Å². The van der Waals surface area contributed by atoms with Crippen LogP contribution in [0.15, 0.2) is 6.33 Å². The van der Waals surface area contributed by atoms with Gasteiger partial charge in [-0.25, -0.2) is 18.8 Å². The van der Waals surface area contributed by atoms with Gasteiger partial charge in [0.15, 0.2) is 12.1 Å². The summed E-state index contributed by atoms with van der Waals surface area (Å²) in [7, 11) is -3.84. The molecule has 0 bridgehead atoms. The number of hydrogen-bond acceptors (Lipinski definition) is 19. The van der Waals surface area contributed by atoms with Crippen LogP contribution in [0.5, 0.6) is 0 Å². The van der Waals surface area contributed by atoms with Gasteiger partial charge in [0, 0.05) is 0 Å². The van der Waals surface area contributed by atoms with E-state index >= 15 is 0 Å². The molecule has 2 aliphatic heterocycles. The second-order valence-electron chi connectivity index (χ2n) is 9.65. The van der Waals surface area contributed by atoms with Gasteiger partial charge in [-0.15, -0.1) is 0 Å². The van der Waals surface area contributed by atoms with Crippen LogP contribution < -0.4 is 11.1 Å². The highest BCUT2D eigenvalue weighted by atomic mass is 32.5. The van der Waals surface area contributed by atoms with Crippen molar-refractivity contribution in [1.82, 2.24) is 19.7 Å². The fourth-order valence-electron chi connectivity index (χ4n) is 4.50. The Labute approximate surface area is 246 Å². The van der Waals surface area contributed by atoms with Crippen molar-refractivity contribution in [3.05, 3.63) is 11.2 Å². The molecular weight excluding hydrogens is 648 g/mol. The minimum Gasteiger partial charge on any atom is -0.394 e. The van der Waals surface area contributed by atoms with Gasteiger partial charge in [-0.1, -0.05) is 0 Å². The summed E-state index contributed by atoms with van der Waals surface area (Å²) in [6.45, 7) is -4.53. The van der Waals surface area contributed by atoms with Gasteiger partial charge < -0.3 is 65.5 Å². The molecule has 2 saturated heterocycles. The molecule has 4 rings (SSSR count). The standard InChI is InChI=1S/C19H31N5O14P2S2/c1-19(21-2)15(30)7(35-16(19)14-8-9(24-42-14)17(20)23-5-22-8)4-34-40(33,41)38-39(31,32)37-18-12(29)10(27)11(28)13(36-18)6(26)3-25/h5-7,10-13,15-16,18,21,25-30H,3-4H2,1-2H3,(H,31,32)(H,33,41)(H2,20,22,23)/t6-,7+,10?,11?,12?,13?,15+,16-,18?,19+,40?/m0/s1. The Bertz CT molecular complexity index is 1360. The number of phosphoric ester groups is 1. The van der Waals surface area contributed by atoms with E-state index in [9.17, 15) is 39.9 Å². The van der Waals surface area contributed by atoms with E-state index in [2.05, 4.69) is 28.5 Å². The van der Waals surface area contributed by atoms with Gasteiger partial charge >= 0.3 is 14.5 Å². The zero-order valence-corrected chi connectivity index (χ0v) is 25.3. The third-order valence-electron chi connectivity index (χ3n) is 6.94. The van der Waals surface area contributed by atoms with E-state index in [4.69, 9.17) is 36.6 Å². The fraction of sp³-hybridized carbons (Fsp3) is 0.737. The van der Waals surface area contributed by atoms with Crippen LogP contribution in [0.3, 0.4) is 0 Å². The Morgan fingerprint density at radius 3 is 2.52 bits per heavy atom. The lowest BCUT2D eigenvalue weighted by atomic mass is 9.88. The normalized spacial score (nSPS) is 37.4. The van der Waals surface area contributed by atoms with E-state index in [1.807, 2.05) is 0 Å². The number of fused-ring (bicyclic) bond motifs is 1. The number of hydrogen-bond donors (Lipinski definition) is 10. The number of nitrogens with two attached hydrogens (primary N) is 1. The minimum absolute atomic E-state index is 0.151. The molecule has 2 aromatic heterocycles. The highest BCUT2D eigenvalue weighted by molar-refractivity contribution is 8.08. The number of nitrogens with one attached hydrogen (secondary N) is 1. The van der Waals surface area contributed by atoms with Crippen molar-refractivity contribution in [1.29, 1.82) is 0 Å². The van der Waals surface area contributed by atoms with Crippen LogP contribution in [0.2, 0.25) is 0 Å². The Hall–Kier alpha value is -0.910. The Kier molecular flexibility index (Phi) is 10.4. The van der Waals surface area contributed by atoms with Crippen LogP contribution in [0.4, 0.5) is 5.82 Å². The topological polar surface area (TPSA) is 302 Å². The first-order chi connectivity index (χ1) is 19.5. The van der Waals surface area contributed by atoms with Crippen molar-refractivity contribution in [2.45, 2.75) is 67.6 Å². The molecule has 0 spiro atoms. The van der Waals surface area contributed by atoms with Crippen molar-refractivity contribution in [3.8, 4) is 0 Å². The van der Waals surface area contributed by atoms with E-state index < -0.39 is 88.4 Å². The Balaban J connectivity index is 1.43. The van der Waals surface area contributed by atoms with Crippen molar-refractivity contribution >= 4 is 54.7 Å². The number of phosphoric acid groups is 1. The van der Waals surface area contributed by atoms with E-state index in [1.54, 1.807) is 14.0 Å². The molecule has 0 amide bonds. The molecule has 0 radical (unpaired) electrons. The molecule has 23 heteroatoms. The number of aliphatic hydroxyl groups is 6. The predicted molar refractivity (Wildman–Crippen MR) is 145 cm³/mol. The molecule has 2 fully saturated rings. The Morgan fingerprint density at radius 1 is 1.19 bits per heavy atom. The molecule has 0 saturated carbocycles. The summed E-state index contributed by atoms with van der Waals surface area (Å²) in [6.07, 6.45) is -13.8. The highest BCUT2D eigenvalue weighted by Gasteiger charge is 2.55. The lowest BCUT2D eigenvalue weighted by molar-refractivity contribution is -0.292. The van der Waals surface area contributed by atoms with Gasteiger partial charge in [0.2, 0.25) is 0 Å². The molecule has 11 N–H and O–H groups in total. The molecule has 4 heterocycles. The smallest absolute Gasteiger partial charge is 0.394 e. The maximum atomic E-state index is 12.6. The van der Waals surface area contributed by atoms with E-state index in [0.717, 1.165) is 11.5 Å². The van der Waals surface area contributed by atoms with Crippen LogP contribution >= 0.6 is 26.1 Å². The molecule has 0 aliphatic carbocycles. The van der Waals surface area contributed by atoms with Crippen molar-refractivity contribution in [2.75, 3.05) is 26.0 Å². The second-order valence-corrected chi connectivity index (χ2v) is 14.8. The minimum atomic E-state index is -5.42. The molecule has 0 aromatic carbocycles. The summed E-state index contributed by atoms with van der Waals surface area (Å²) < 4.78 is 42.4. The first-order valence-corrected chi connectivity index (χ1v) is 17.0. The molecule has 2 aliphatic rings. The largest absolute Gasteiger partial charge is 0.481 e. The number of aromatic nitrogens is 3. The average Bonchev–Trinajstić information content (AvgIpc) is 3.46. The summed E-state index contributed by atoms with van der Waals surface area (Å²) >= 11 is 5.84. The Morgan fingerprint density at radius 2 is 1.88 bits per heavy atom. The van der Waals surface area contributed by atoms with Crippen LogP contribution in [0.1, 0.15) is 17.9 Å². The van der Waals surface area contributed by atoms with E-state index in [-0.39, 0.29) is 5.82 Å². The second kappa shape index (κ2) is 12.8. The van der Waals surface area contributed by atoms with Crippen molar-refractivity contribution in [2.24, 2.45) is 0 Å². The van der Waals surface area contributed by atoms with Crippen LogP contribution in [0.25, 0.3) is 11.0 Å². The lowest BCUT2D eigenvalue weighted by Gasteiger charge is -2.41. The van der Waals surface area contributed by atoms with Gasteiger partial charge in [0.25, 0.3) is 0 Å². The van der Waals surface area contributed by atoms with Gasteiger partial charge in [0.05, 0.1) is 23.6 Å². The SMILES string of the molecule is CN[C@]1(C)[C@H](O)[C@@H](COP(O)(=S)OP(=O)(O)OC2OC([C@@H](O)CO)C(O)C(O)C2O)O[C@H]1c1snc2c(N)ncnc12. The average molecular weight is 680 g/mol. The molecule has 19 nitrogen and oxygen atoms in total. The van der Waals surface area contributed by atoms with Crippen LogP contribution in [0, 0.1) is 0 Å². The van der Waals surface area contributed by atoms with Gasteiger partial charge in [-0.2, -0.15) is 4.37 Å². The summed E-state index contributed by atoms with van der Waals surface area (Å²) in [5, 5.41) is 63.0. The van der Waals surface area contributed by atoms with Crippen molar-refractivity contribution < 1.29 is 67.8 Å². The third-order valence-corrected chi connectivity index (χ3v) is 11.3. The number of rotatable bonds is 11. The molecule has 2 aromatic rings. The molecule has 42 heavy (non-hydrogen) atoms. The number of anilines is 1. The zero-order valence-electron chi connectivity index (χ0n) is 21.8. The lowest BCUT2D eigenvalue weighted by Crippen LogP contribution is -2.61. The predicted octanol–water partition coefficient (Wildman–Crippen LogP) is -3.02. The summed E-state index contributed by atoms with van der Waals surface area (Å²) in [5.74, 6) is 0.151. The van der Waals surface area contributed by atoms with Crippen LogP contribution in [-0.4, -0.2) is 130 Å². The van der Waals surface area contributed by atoms with Crippen molar-refractivity contribution in [3.63, 3.8) is 0 Å². The summed E-state index contributed by atoms with van der Waals surface area (Å²) in [5.41, 5.74) is 5.48. The van der Waals surface area contributed by atoms with Crippen LogP contribution in [-0.2, 0) is 39.2 Å². The van der Waals surface area contributed by atoms with Gasteiger partial charge in [0.1, 0.15) is 66.2 Å². The van der Waals surface area contributed by atoms with E-state index in [1.165, 1.54) is 6.33 Å². The molecule has 7 unspecified atom stereocenters. The quantitative estimate of drug-likeness (QED) is 0.106. The third kappa shape index (κ3) is 6.69. The monoisotopic (exact) mass is 679 g/mol. The first kappa shape index (κ1) is 34.0. The highest BCUT2D eigenvalue weighted by Crippen LogP contribution is 2.62. The maximum absolute atomic E-state index is 12.6. The maximum Gasteiger partial charge on any atom is 0.481 e. The number of ether oxygens (including phenoxy) is 2. The van der Waals surface area contributed by atoms with Gasteiger partial charge in [-0.05, 0) is 37.3 Å². The number of aliphatic hydroxyl groups excluding tert-OH is 6. The van der Waals surface area contributed by atoms with Gasteiger partial charge in [-0.3, -0.25) is 4.52 Å². The molecular formula is C19H31N5O14P2S2.